The van der Waals surface area contributed by atoms with Crippen molar-refractivity contribution in [2.24, 2.45) is 13.0 Å². The molecule has 112 valence electrons. The van der Waals surface area contributed by atoms with Gasteiger partial charge in [0.2, 0.25) is 0 Å². The molecule has 1 aromatic heterocycles. The molecule has 1 aliphatic rings. The molecular formula is C16H27N3O. The fourth-order valence-corrected chi connectivity index (χ4v) is 3.03. The average Bonchev–Trinajstić information content (AvgIpc) is 2.82. The Bertz CT molecular complexity index is 474. The summed E-state index contributed by atoms with van der Waals surface area (Å²) in [4.78, 5) is 0. The van der Waals surface area contributed by atoms with Crippen LogP contribution in [0.15, 0.2) is 23.5 Å². The van der Waals surface area contributed by atoms with Crippen molar-refractivity contribution in [3.63, 3.8) is 0 Å². The van der Waals surface area contributed by atoms with Crippen molar-refractivity contribution in [2.45, 2.75) is 52.2 Å². The molecule has 0 aromatic carbocycles. The minimum absolute atomic E-state index is 0.412. The molecule has 1 heterocycles. The van der Waals surface area contributed by atoms with Gasteiger partial charge < -0.3 is 10.4 Å². The van der Waals surface area contributed by atoms with Crippen molar-refractivity contribution in [1.29, 1.82) is 0 Å². The number of allylic oxidation sites excluding steroid dienone is 1. The second kappa shape index (κ2) is 6.55. The second-order valence-corrected chi connectivity index (χ2v) is 6.33. The van der Waals surface area contributed by atoms with Gasteiger partial charge in [0, 0.05) is 31.4 Å². The summed E-state index contributed by atoms with van der Waals surface area (Å²) in [6.07, 6.45) is 6.75. The normalized spacial score (nSPS) is 24.8. The minimum atomic E-state index is -0.487. The number of aliphatic hydroxyl groups excluding tert-OH is 1. The van der Waals surface area contributed by atoms with Crippen LogP contribution >= 0.6 is 0 Å². The van der Waals surface area contributed by atoms with E-state index in [1.807, 2.05) is 13.2 Å². The van der Waals surface area contributed by atoms with Crippen LogP contribution in [0.3, 0.4) is 0 Å². The van der Waals surface area contributed by atoms with E-state index < -0.39 is 6.10 Å². The van der Waals surface area contributed by atoms with Crippen LogP contribution in [0.4, 0.5) is 0 Å². The van der Waals surface area contributed by atoms with Crippen molar-refractivity contribution in [1.82, 2.24) is 15.1 Å². The number of aromatic nitrogens is 2. The van der Waals surface area contributed by atoms with E-state index in [1.54, 1.807) is 10.9 Å². The Labute approximate surface area is 121 Å². The summed E-state index contributed by atoms with van der Waals surface area (Å²) < 4.78 is 1.72. The summed E-state index contributed by atoms with van der Waals surface area (Å²) in [6.45, 7) is 7.28. The molecule has 1 fully saturated rings. The van der Waals surface area contributed by atoms with Gasteiger partial charge in [-0.1, -0.05) is 18.1 Å². The van der Waals surface area contributed by atoms with Crippen LogP contribution in [0.2, 0.25) is 0 Å². The Hall–Kier alpha value is -1.13. The predicted octanol–water partition coefficient (Wildman–Crippen LogP) is 2.57. The smallest absolute Gasteiger partial charge is 0.0944 e. The largest absolute Gasteiger partial charge is 0.387 e. The first kappa shape index (κ1) is 15.3. The van der Waals surface area contributed by atoms with E-state index in [1.165, 1.54) is 30.4 Å². The maximum Gasteiger partial charge on any atom is 0.0944 e. The lowest BCUT2D eigenvalue weighted by atomic mass is 9.81. The monoisotopic (exact) mass is 277 g/mol. The van der Waals surface area contributed by atoms with Gasteiger partial charge >= 0.3 is 0 Å². The molecule has 20 heavy (non-hydrogen) atoms. The van der Waals surface area contributed by atoms with Crippen LogP contribution in [0, 0.1) is 5.92 Å². The molecular weight excluding hydrogens is 250 g/mol. The molecule has 0 radical (unpaired) electrons. The molecule has 1 aliphatic carbocycles. The lowest BCUT2D eigenvalue weighted by Gasteiger charge is -2.32. The standard InChI is InChI=1S/C16H27N3O/c1-11(2)14-6-5-12(3)7-15(14)17-9-16(20)13-8-18-19(4)10-13/h8,10,12,15-17,20H,5-7,9H2,1-4H3/t12-,15-,16+/m1/s1. The van der Waals surface area contributed by atoms with Crippen LogP contribution in [-0.2, 0) is 7.05 Å². The quantitative estimate of drug-likeness (QED) is 0.832. The Balaban J connectivity index is 1.95. The Kier molecular flexibility index (Phi) is 5.00. The molecule has 1 saturated carbocycles. The van der Waals surface area contributed by atoms with E-state index >= 15 is 0 Å². The highest BCUT2D eigenvalue weighted by Crippen LogP contribution is 2.30. The third-order valence-electron chi connectivity index (χ3n) is 4.27. The van der Waals surface area contributed by atoms with Crippen LogP contribution < -0.4 is 5.32 Å². The van der Waals surface area contributed by atoms with Crippen molar-refractivity contribution >= 4 is 0 Å². The molecule has 0 bridgehead atoms. The second-order valence-electron chi connectivity index (χ2n) is 6.33. The van der Waals surface area contributed by atoms with Gasteiger partial charge in [0.15, 0.2) is 0 Å². The SMILES string of the molecule is CC(C)=C1CC[C@@H](C)C[C@H]1NC[C@H](O)c1cnn(C)c1. The molecule has 3 atom stereocenters. The lowest BCUT2D eigenvalue weighted by Crippen LogP contribution is -2.38. The van der Waals surface area contributed by atoms with E-state index in [-0.39, 0.29) is 0 Å². The summed E-state index contributed by atoms with van der Waals surface area (Å²) in [7, 11) is 1.87. The van der Waals surface area contributed by atoms with E-state index in [9.17, 15) is 5.11 Å². The number of hydrogen-bond acceptors (Lipinski definition) is 3. The predicted molar refractivity (Wildman–Crippen MR) is 81.3 cm³/mol. The van der Waals surface area contributed by atoms with E-state index in [0.717, 1.165) is 11.5 Å². The van der Waals surface area contributed by atoms with Crippen LogP contribution in [0.5, 0.6) is 0 Å². The van der Waals surface area contributed by atoms with Gasteiger partial charge in [0.25, 0.3) is 0 Å². The summed E-state index contributed by atoms with van der Waals surface area (Å²) in [5.41, 5.74) is 3.83. The van der Waals surface area contributed by atoms with Gasteiger partial charge in [-0.3, -0.25) is 4.68 Å². The summed E-state index contributed by atoms with van der Waals surface area (Å²) in [6, 6.07) is 0.412. The number of aliphatic hydroxyl groups is 1. The summed E-state index contributed by atoms with van der Waals surface area (Å²) in [5, 5.41) is 17.9. The molecule has 0 spiro atoms. The Morgan fingerprint density at radius 2 is 2.30 bits per heavy atom. The first-order valence-corrected chi connectivity index (χ1v) is 7.53. The highest BCUT2D eigenvalue weighted by molar-refractivity contribution is 5.19. The van der Waals surface area contributed by atoms with Gasteiger partial charge in [-0.2, -0.15) is 5.10 Å². The molecule has 2 rings (SSSR count). The maximum atomic E-state index is 10.2. The van der Waals surface area contributed by atoms with Gasteiger partial charge in [-0.25, -0.2) is 0 Å². The molecule has 2 N–H and O–H groups in total. The highest BCUT2D eigenvalue weighted by atomic mass is 16.3. The topological polar surface area (TPSA) is 50.1 Å². The fourth-order valence-electron chi connectivity index (χ4n) is 3.03. The van der Waals surface area contributed by atoms with Crippen molar-refractivity contribution in [2.75, 3.05) is 6.54 Å². The highest BCUT2D eigenvalue weighted by Gasteiger charge is 2.24. The first-order chi connectivity index (χ1) is 9.47. The van der Waals surface area contributed by atoms with Crippen LogP contribution in [-0.4, -0.2) is 27.5 Å². The van der Waals surface area contributed by atoms with Gasteiger partial charge in [-0.05, 0) is 39.0 Å². The maximum absolute atomic E-state index is 10.2. The fraction of sp³-hybridized carbons (Fsp3) is 0.688. The number of nitrogens with one attached hydrogen (secondary N) is 1. The van der Waals surface area contributed by atoms with E-state index in [0.29, 0.717) is 12.6 Å². The van der Waals surface area contributed by atoms with Crippen molar-refractivity contribution in [3.05, 3.63) is 29.1 Å². The summed E-state index contributed by atoms with van der Waals surface area (Å²) in [5.74, 6) is 0.756. The molecule has 1 aromatic rings. The van der Waals surface area contributed by atoms with Crippen LogP contribution in [0.25, 0.3) is 0 Å². The Morgan fingerprint density at radius 1 is 1.55 bits per heavy atom. The number of rotatable bonds is 4. The van der Waals surface area contributed by atoms with E-state index in [4.69, 9.17) is 0 Å². The zero-order chi connectivity index (χ0) is 14.7. The van der Waals surface area contributed by atoms with Crippen LogP contribution in [0.1, 0.15) is 51.7 Å². The molecule has 0 unspecified atom stereocenters. The Morgan fingerprint density at radius 3 is 2.90 bits per heavy atom. The van der Waals surface area contributed by atoms with Gasteiger partial charge in [0.1, 0.15) is 0 Å². The van der Waals surface area contributed by atoms with Gasteiger partial charge in [-0.15, -0.1) is 0 Å². The number of nitrogens with zero attached hydrogens (tertiary/aromatic N) is 2. The third-order valence-corrected chi connectivity index (χ3v) is 4.27. The molecule has 0 aliphatic heterocycles. The molecule has 4 nitrogen and oxygen atoms in total. The molecule has 0 amide bonds. The molecule has 4 heteroatoms. The zero-order valence-corrected chi connectivity index (χ0v) is 13.1. The zero-order valence-electron chi connectivity index (χ0n) is 13.1. The lowest BCUT2D eigenvalue weighted by molar-refractivity contribution is 0.167. The minimum Gasteiger partial charge on any atom is -0.387 e. The summed E-state index contributed by atoms with van der Waals surface area (Å²) >= 11 is 0. The third kappa shape index (κ3) is 3.70. The van der Waals surface area contributed by atoms with Crippen molar-refractivity contribution < 1.29 is 5.11 Å². The van der Waals surface area contributed by atoms with E-state index in [2.05, 4.69) is 31.2 Å². The van der Waals surface area contributed by atoms with Gasteiger partial charge in [0.05, 0.1) is 12.3 Å². The number of hydrogen-bond donors (Lipinski definition) is 2. The number of aryl methyl sites for hydroxylation is 1. The van der Waals surface area contributed by atoms with Crippen molar-refractivity contribution in [3.8, 4) is 0 Å². The first-order valence-electron chi connectivity index (χ1n) is 7.53. The average molecular weight is 277 g/mol. The molecule has 0 saturated heterocycles.